The van der Waals surface area contributed by atoms with Crippen molar-refractivity contribution in [3.05, 3.63) is 78.0 Å². The third kappa shape index (κ3) is 7.54. The summed E-state index contributed by atoms with van der Waals surface area (Å²) < 4.78 is 70.1. The number of imidazole rings is 1. The van der Waals surface area contributed by atoms with Crippen molar-refractivity contribution >= 4 is 33.5 Å². The molecule has 3 heterocycles. The number of carbonyl (C=O) groups is 3. The van der Waals surface area contributed by atoms with Crippen LogP contribution in [0.2, 0.25) is 0 Å². The summed E-state index contributed by atoms with van der Waals surface area (Å²) in [5.41, 5.74) is 2.61. The average Bonchev–Trinajstić information content (AvgIpc) is 3.66. The number of carboxylic acid groups (broad SMARTS) is 1. The number of carbonyl (C=O) groups excluding carboxylic acids is 2. The van der Waals surface area contributed by atoms with Crippen LogP contribution in [0.15, 0.2) is 66.0 Å². The van der Waals surface area contributed by atoms with E-state index in [1.54, 1.807) is 55.7 Å². The summed E-state index contributed by atoms with van der Waals surface area (Å²) in [6, 6.07) is 14.2. The summed E-state index contributed by atoms with van der Waals surface area (Å²) in [6.07, 6.45) is -0.706. The van der Waals surface area contributed by atoms with E-state index in [1.807, 2.05) is 28.8 Å². The fraction of sp³-hybridized carbons (Fsp3) is 0.276. The van der Waals surface area contributed by atoms with E-state index in [9.17, 15) is 31.2 Å². The monoisotopic (exact) mass is 678 g/mol. The molecule has 2 aromatic heterocycles. The van der Waals surface area contributed by atoms with Crippen LogP contribution in [0.25, 0.3) is 11.4 Å². The fourth-order valence-corrected chi connectivity index (χ4v) is 5.57. The third-order valence-corrected chi connectivity index (χ3v) is 7.94. The van der Waals surface area contributed by atoms with Crippen molar-refractivity contribution in [2.24, 2.45) is 0 Å². The third-order valence-electron chi connectivity index (χ3n) is 6.91. The van der Waals surface area contributed by atoms with Gasteiger partial charge < -0.3 is 28.9 Å². The summed E-state index contributed by atoms with van der Waals surface area (Å²) in [7, 11) is 0.822. The van der Waals surface area contributed by atoms with Crippen LogP contribution >= 0.6 is 0 Å². The quantitative estimate of drug-likeness (QED) is 0.306. The Bertz CT molecular complexity index is 1890. The van der Waals surface area contributed by atoms with Crippen molar-refractivity contribution in [2.45, 2.75) is 24.2 Å². The molecule has 250 valence electrons. The molecule has 0 atom stereocenters. The maximum absolute atomic E-state index is 13.8. The summed E-state index contributed by atoms with van der Waals surface area (Å²) in [5.74, 6) is -1.85. The topological polar surface area (TPSA) is 166 Å². The van der Waals surface area contributed by atoms with Crippen molar-refractivity contribution in [3.8, 4) is 17.1 Å². The first-order valence-corrected chi connectivity index (χ1v) is 15.5. The van der Waals surface area contributed by atoms with Crippen molar-refractivity contribution in [1.82, 2.24) is 24.2 Å². The molecule has 0 bridgehead atoms. The van der Waals surface area contributed by atoms with Crippen LogP contribution in [0.1, 0.15) is 21.9 Å². The van der Waals surface area contributed by atoms with Gasteiger partial charge in [-0.2, -0.15) is 18.3 Å². The second kappa shape index (κ2) is 13.5. The van der Waals surface area contributed by atoms with Crippen LogP contribution in [0.5, 0.6) is 5.75 Å². The Labute approximate surface area is 266 Å². The van der Waals surface area contributed by atoms with Gasteiger partial charge >= 0.3 is 18.2 Å². The number of amides is 2. The number of sulfone groups is 1. The number of nitrogens with zero attached hydrogens (tertiary/aromatic N) is 6. The molecule has 1 aliphatic heterocycles. The zero-order chi connectivity index (χ0) is 34.7. The number of carboxylic acids is 1. The van der Waals surface area contributed by atoms with E-state index >= 15 is 0 Å². The Kier molecular flexibility index (Phi) is 9.93. The Morgan fingerprint density at radius 3 is 2.13 bits per heavy atom. The molecule has 0 radical (unpaired) electrons. The standard InChI is InChI=1S/C27H28N6O6S.C2HF3O2/c1-30(27(35)39-3)17-23-28-14-16-31(23)18-5-7-19(8-6-18)32-15-13-22-24(26(32)34)33(29-25(22)40(4,36)37)20-9-11-21(38-2)12-10-20;3-2(4,5)1(6)7/h5-12,14,16H,13,15,17H2,1-4H3;(H,6,7). The molecule has 1 N–H and O–H groups in total. The molecular weight excluding hydrogens is 649 g/mol. The Hall–Kier alpha value is -5.39. The van der Waals surface area contributed by atoms with Crippen molar-refractivity contribution in [3.63, 3.8) is 0 Å². The minimum absolute atomic E-state index is 0.0915. The summed E-state index contributed by atoms with van der Waals surface area (Å²) in [5, 5.41) is 11.4. The average molecular weight is 679 g/mol. The second-order valence-corrected chi connectivity index (χ2v) is 12.0. The normalized spacial score (nSPS) is 12.9. The summed E-state index contributed by atoms with van der Waals surface area (Å²) in [6.45, 7) is 0.537. The van der Waals surface area contributed by atoms with Crippen LogP contribution in [0, 0.1) is 0 Å². The maximum Gasteiger partial charge on any atom is 0.490 e. The molecule has 0 spiro atoms. The molecule has 0 saturated carbocycles. The number of fused-ring (bicyclic) bond motifs is 1. The predicted molar refractivity (Wildman–Crippen MR) is 160 cm³/mol. The Morgan fingerprint density at radius 2 is 1.60 bits per heavy atom. The van der Waals surface area contributed by atoms with Gasteiger partial charge in [-0.05, 0) is 55.0 Å². The number of rotatable bonds is 7. The predicted octanol–water partition coefficient (Wildman–Crippen LogP) is 3.50. The van der Waals surface area contributed by atoms with Crippen LogP contribution < -0.4 is 9.64 Å². The maximum atomic E-state index is 13.8. The van der Waals surface area contributed by atoms with E-state index in [0.717, 1.165) is 11.9 Å². The Morgan fingerprint density at radius 1 is 1.02 bits per heavy atom. The van der Waals surface area contributed by atoms with E-state index in [1.165, 1.54) is 16.7 Å². The van der Waals surface area contributed by atoms with Crippen LogP contribution in [-0.4, -0.2) is 96.0 Å². The molecule has 14 nitrogen and oxygen atoms in total. The molecule has 0 unspecified atom stereocenters. The Balaban J connectivity index is 0.000000644. The largest absolute Gasteiger partial charge is 0.497 e. The molecule has 4 aromatic rings. The second-order valence-electron chi connectivity index (χ2n) is 10.1. The number of aliphatic carboxylic acids is 1. The van der Waals surface area contributed by atoms with E-state index < -0.39 is 28.1 Å². The zero-order valence-electron chi connectivity index (χ0n) is 25.4. The number of hydrogen-bond donors (Lipinski definition) is 1. The van der Waals surface area contributed by atoms with E-state index in [4.69, 9.17) is 19.4 Å². The number of ether oxygens (including phenoxy) is 2. The lowest BCUT2D eigenvalue weighted by molar-refractivity contribution is -0.192. The van der Waals surface area contributed by atoms with Gasteiger partial charge in [-0.1, -0.05) is 0 Å². The lowest BCUT2D eigenvalue weighted by Crippen LogP contribution is -2.39. The molecule has 0 aliphatic carbocycles. The van der Waals surface area contributed by atoms with Gasteiger partial charge in [-0.15, -0.1) is 0 Å². The van der Waals surface area contributed by atoms with Gasteiger partial charge in [0.05, 0.1) is 26.5 Å². The highest BCUT2D eigenvalue weighted by Gasteiger charge is 2.38. The molecular formula is C29H29F3N6O8S. The number of benzene rings is 2. The minimum atomic E-state index is -5.08. The molecule has 0 saturated heterocycles. The zero-order valence-corrected chi connectivity index (χ0v) is 26.2. The summed E-state index contributed by atoms with van der Waals surface area (Å²) in [4.78, 5) is 41.9. The minimum Gasteiger partial charge on any atom is -0.497 e. The number of halogens is 3. The molecule has 2 amide bonds. The number of anilines is 1. The van der Waals surface area contributed by atoms with Crippen molar-refractivity contribution in [2.75, 3.05) is 39.0 Å². The summed E-state index contributed by atoms with van der Waals surface area (Å²) >= 11 is 0. The number of hydrogen-bond acceptors (Lipinski definition) is 9. The van der Waals surface area contributed by atoms with Gasteiger partial charge in [0.15, 0.2) is 14.9 Å². The van der Waals surface area contributed by atoms with E-state index in [0.29, 0.717) is 41.5 Å². The molecule has 5 rings (SSSR count). The van der Waals surface area contributed by atoms with E-state index in [-0.39, 0.29) is 23.2 Å². The first-order valence-electron chi connectivity index (χ1n) is 13.6. The smallest absolute Gasteiger partial charge is 0.490 e. The number of aromatic nitrogens is 4. The van der Waals surface area contributed by atoms with Gasteiger partial charge in [-0.3, -0.25) is 4.79 Å². The van der Waals surface area contributed by atoms with Gasteiger partial charge in [0, 0.05) is 49.2 Å². The van der Waals surface area contributed by atoms with Gasteiger partial charge in [0.25, 0.3) is 5.91 Å². The highest BCUT2D eigenvalue weighted by molar-refractivity contribution is 7.90. The fourth-order valence-electron chi connectivity index (χ4n) is 4.69. The van der Waals surface area contributed by atoms with Crippen molar-refractivity contribution < 1.29 is 50.6 Å². The highest BCUT2D eigenvalue weighted by atomic mass is 32.2. The number of alkyl halides is 3. The highest BCUT2D eigenvalue weighted by Crippen LogP contribution is 2.31. The van der Waals surface area contributed by atoms with Gasteiger partial charge in [0.2, 0.25) is 0 Å². The first-order chi connectivity index (χ1) is 22.1. The van der Waals surface area contributed by atoms with E-state index in [2.05, 4.69) is 10.1 Å². The van der Waals surface area contributed by atoms with Crippen LogP contribution in [0.4, 0.5) is 23.7 Å². The SMILES string of the molecule is COC(=O)N(C)Cc1nccn1-c1ccc(N2CCc3c(S(C)(=O)=O)nn(-c4ccc(OC)cc4)c3C2=O)cc1.O=C(O)C(F)(F)F. The molecule has 1 aliphatic rings. The van der Waals surface area contributed by atoms with Crippen molar-refractivity contribution in [1.29, 1.82) is 0 Å². The molecule has 47 heavy (non-hydrogen) atoms. The lowest BCUT2D eigenvalue weighted by Gasteiger charge is -2.28. The van der Waals surface area contributed by atoms with Crippen LogP contribution in [-0.2, 0) is 32.3 Å². The number of methoxy groups -OCH3 is 2. The van der Waals surface area contributed by atoms with Gasteiger partial charge in [0.1, 0.15) is 17.3 Å². The molecule has 18 heteroatoms. The molecule has 2 aromatic carbocycles. The lowest BCUT2D eigenvalue weighted by atomic mass is 10.1. The van der Waals surface area contributed by atoms with Crippen LogP contribution in [0.3, 0.4) is 0 Å². The molecule has 0 fully saturated rings. The first kappa shape index (κ1) is 34.5. The van der Waals surface area contributed by atoms with Gasteiger partial charge in [-0.25, -0.2) is 27.7 Å².